The van der Waals surface area contributed by atoms with Gasteiger partial charge in [0.15, 0.2) is 0 Å². The fraction of sp³-hybridized carbons (Fsp3) is 0.471. The summed E-state index contributed by atoms with van der Waals surface area (Å²) in [5.74, 6) is 1.11. The number of Topliss-reactive ketones (excluding diaryl/α,β-unsaturated/α-hetero) is 1. The van der Waals surface area contributed by atoms with Gasteiger partial charge in [-0.25, -0.2) is 0 Å². The zero-order valence-corrected chi connectivity index (χ0v) is 10.8. The number of rotatable bonds is 0. The monoisotopic (exact) mass is 238 g/mol. The third kappa shape index (κ3) is 1.25. The largest absolute Gasteiger partial charge is 0.299 e. The van der Waals surface area contributed by atoms with E-state index < -0.39 is 0 Å². The van der Waals surface area contributed by atoms with Crippen molar-refractivity contribution in [1.82, 2.24) is 0 Å². The van der Waals surface area contributed by atoms with Crippen molar-refractivity contribution in [2.45, 2.75) is 39.0 Å². The minimum Gasteiger partial charge on any atom is -0.299 e. The number of allylic oxidation sites excluding steroid dienone is 2. The highest BCUT2D eigenvalue weighted by Gasteiger charge is 2.53. The lowest BCUT2D eigenvalue weighted by molar-refractivity contribution is -0.131. The predicted molar refractivity (Wildman–Crippen MR) is 71.5 cm³/mol. The first-order chi connectivity index (χ1) is 8.67. The van der Waals surface area contributed by atoms with E-state index in [0.717, 1.165) is 19.3 Å². The molecule has 0 radical (unpaired) electrons. The molecule has 0 amide bonds. The molecule has 0 saturated heterocycles. The molecule has 18 heavy (non-hydrogen) atoms. The van der Waals surface area contributed by atoms with Crippen LogP contribution in [0.3, 0.4) is 0 Å². The Bertz CT molecular complexity index is 581. The topological polar surface area (TPSA) is 17.1 Å². The second-order valence-electron chi connectivity index (χ2n) is 6.38. The molecule has 92 valence electrons. The van der Waals surface area contributed by atoms with Gasteiger partial charge in [0.1, 0.15) is 5.78 Å². The van der Waals surface area contributed by atoms with Crippen LogP contribution in [0.25, 0.3) is 0 Å². The molecule has 1 spiro atoms. The number of fused-ring (bicyclic) bond motifs is 4. The SMILES string of the molecule is Cc1ccc2c(c1)CC1(CC3=CCC1C3)C(=O)C2. The number of carbonyl (C=O) groups excluding carboxylic acids is 1. The number of carbonyl (C=O) groups is 1. The Morgan fingerprint density at radius 1 is 1.22 bits per heavy atom. The van der Waals surface area contributed by atoms with Crippen molar-refractivity contribution in [3.8, 4) is 0 Å². The van der Waals surface area contributed by atoms with Crippen LogP contribution < -0.4 is 0 Å². The van der Waals surface area contributed by atoms with Gasteiger partial charge in [-0.15, -0.1) is 0 Å². The summed E-state index contributed by atoms with van der Waals surface area (Å²) in [6.07, 6.45) is 7.40. The smallest absolute Gasteiger partial charge is 0.144 e. The average molecular weight is 238 g/mol. The molecule has 3 aliphatic rings. The molecule has 1 aromatic rings. The van der Waals surface area contributed by atoms with Crippen LogP contribution in [-0.2, 0) is 17.6 Å². The molecule has 0 aromatic heterocycles. The molecule has 2 bridgehead atoms. The Hall–Kier alpha value is -1.37. The molecular weight excluding hydrogens is 220 g/mol. The first-order valence-electron chi connectivity index (χ1n) is 6.97. The standard InChI is InChI=1S/C17H18O/c1-11-2-4-13-8-16(18)17(10-14(13)6-11)9-12-3-5-15(17)7-12/h2-4,6,15H,5,7-10H2,1H3. The van der Waals surface area contributed by atoms with Crippen molar-refractivity contribution in [2.75, 3.05) is 0 Å². The van der Waals surface area contributed by atoms with Crippen LogP contribution in [0.15, 0.2) is 29.8 Å². The van der Waals surface area contributed by atoms with Gasteiger partial charge in [-0.05, 0) is 49.7 Å². The maximum absolute atomic E-state index is 12.6. The second kappa shape index (κ2) is 3.34. The molecule has 2 unspecified atom stereocenters. The molecule has 1 fully saturated rings. The van der Waals surface area contributed by atoms with Gasteiger partial charge in [-0.2, -0.15) is 0 Å². The van der Waals surface area contributed by atoms with Crippen LogP contribution in [0, 0.1) is 18.3 Å². The van der Waals surface area contributed by atoms with Crippen molar-refractivity contribution >= 4 is 5.78 Å². The summed E-state index contributed by atoms with van der Waals surface area (Å²) in [4.78, 5) is 12.6. The van der Waals surface area contributed by atoms with Crippen LogP contribution in [0.2, 0.25) is 0 Å². The van der Waals surface area contributed by atoms with Gasteiger partial charge >= 0.3 is 0 Å². The predicted octanol–water partition coefficient (Wildman–Crippen LogP) is 3.39. The van der Waals surface area contributed by atoms with E-state index in [1.165, 1.54) is 23.1 Å². The number of ketones is 1. The van der Waals surface area contributed by atoms with Crippen LogP contribution in [0.1, 0.15) is 36.0 Å². The van der Waals surface area contributed by atoms with E-state index in [-0.39, 0.29) is 5.41 Å². The normalized spacial score (nSPS) is 32.8. The van der Waals surface area contributed by atoms with Crippen molar-refractivity contribution < 1.29 is 4.79 Å². The molecule has 1 nitrogen and oxygen atoms in total. The van der Waals surface area contributed by atoms with Gasteiger partial charge in [-0.1, -0.05) is 35.4 Å². The molecule has 4 rings (SSSR count). The van der Waals surface area contributed by atoms with Crippen molar-refractivity contribution in [3.05, 3.63) is 46.5 Å². The van der Waals surface area contributed by atoms with E-state index in [9.17, 15) is 4.79 Å². The maximum Gasteiger partial charge on any atom is 0.144 e. The average Bonchev–Trinajstić information content (AvgIpc) is 2.92. The third-order valence-electron chi connectivity index (χ3n) is 5.30. The number of hydrogen-bond donors (Lipinski definition) is 0. The molecule has 0 N–H and O–H groups in total. The highest BCUT2D eigenvalue weighted by Crippen LogP contribution is 2.56. The first-order valence-corrected chi connectivity index (χ1v) is 6.97. The van der Waals surface area contributed by atoms with Gasteiger partial charge in [0, 0.05) is 11.8 Å². The summed E-state index contributed by atoms with van der Waals surface area (Å²) in [6.45, 7) is 2.15. The molecule has 0 aliphatic heterocycles. The summed E-state index contributed by atoms with van der Waals surface area (Å²) in [5, 5.41) is 0. The lowest BCUT2D eigenvalue weighted by atomic mass is 9.63. The van der Waals surface area contributed by atoms with E-state index in [2.05, 4.69) is 31.2 Å². The quantitative estimate of drug-likeness (QED) is 0.633. The number of aryl methyl sites for hydroxylation is 1. The highest BCUT2D eigenvalue weighted by molar-refractivity contribution is 5.90. The molecule has 1 heteroatoms. The zero-order valence-electron chi connectivity index (χ0n) is 10.8. The van der Waals surface area contributed by atoms with Gasteiger partial charge in [0.2, 0.25) is 0 Å². The molecule has 1 aromatic carbocycles. The van der Waals surface area contributed by atoms with Crippen molar-refractivity contribution in [1.29, 1.82) is 0 Å². The van der Waals surface area contributed by atoms with Gasteiger partial charge in [0.05, 0.1) is 0 Å². The molecular formula is C17H18O. The van der Waals surface area contributed by atoms with Gasteiger partial charge in [-0.3, -0.25) is 4.79 Å². The minimum absolute atomic E-state index is 0.0229. The first kappa shape index (κ1) is 10.5. The number of hydrogen-bond acceptors (Lipinski definition) is 1. The van der Waals surface area contributed by atoms with Crippen molar-refractivity contribution in [2.24, 2.45) is 11.3 Å². The summed E-state index contributed by atoms with van der Waals surface area (Å²) in [5.41, 5.74) is 5.55. The Morgan fingerprint density at radius 2 is 2.11 bits per heavy atom. The van der Waals surface area contributed by atoms with Crippen LogP contribution in [-0.4, -0.2) is 5.78 Å². The summed E-state index contributed by atoms with van der Waals surface area (Å²) < 4.78 is 0. The maximum atomic E-state index is 12.6. The summed E-state index contributed by atoms with van der Waals surface area (Å²) in [6, 6.07) is 6.58. The Kier molecular flexibility index (Phi) is 1.96. The molecule has 3 aliphatic carbocycles. The van der Waals surface area contributed by atoms with E-state index in [0.29, 0.717) is 18.1 Å². The van der Waals surface area contributed by atoms with Gasteiger partial charge < -0.3 is 0 Å². The lowest BCUT2D eigenvalue weighted by Crippen LogP contribution is -2.42. The summed E-state index contributed by atoms with van der Waals surface area (Å²) >= 11 is 0. The second-order valence-corrected chi connectivity index (χ2v) is 6.38. The molecule has 0 heterocycles. The highest BCUT2D eigenvalue weighted by atomic mass is 16.1. The minimum atomic E-state index is -0.0229. The van der Waals surface area contributed by atoms with Gasteiger partial charge in [0.25, 0.3) is 0 Å². The van der Waals surface area contributed by atoms with Crippen molar-refractivity contribution in [3.63, 3.8) is 0 Å². The lowest BCUT2D eigenvalue weighted by Gasteiger charge is -2.39. The van der Waals surface area contributed by atoms with E-state index in [4.69, 9.17) is 0 Å². The van der Waals surface area contributed by atoms with E-state index in [1.54, 1.807) is 5.57 Å². The van der Waals surface area contributed by atoms with E-state index >= 15 is 0 Å². The summed E-state index contributed by atoms with van der Waals surface area (Å²) in [7, 11) is 0. The van der Waals surface area contributed by atoms with Crippen LogP contribution in [0.5, 0.6) is 0 Å². The fourth-order valence-corrected chi connectivity index (χ4v) is 4.32. The zero-order chi connectivity index (χ0) is 12.3. The Balaban J connectivity index is 1.80. The molecule has 2 atom stereocenters. The Labute approximate surface area is 108 Å². The van der Waals surface area contributed by atoms with Crippen LogP contribution in [0.4, 0.5) is 0 Å². The fourth-order valence-electron chi connectivity index (χ4n) is 4.32. The molecule has 1 saturated carbocycles. The van der Waals surface area contributed by atoms with E-state index in [1.807, 2.05) is 0 Å². The third-order valence-corrected chi connectivity index (χ3v) is 5.30. The van der Waals surface area contributed by atoms with Crippen LogP contribution >= 0.6 is 0 Å². The Morgan fingerprint density at radius 3 is 2.83 bits per heavy atom. The number of benzene rings is 1.